The number of hydrogen-bond donors (Lipinski definition) is 4. The summed E-state index contributed by atoms with van der Waals surface area (Å²) >= 11 is 0. The van der Waals surface area contributed by atoms with E-state index in [4.69, 9.17) is 9.47 Å². The zero-order valence-electron chi connectivity index (χ0n) is 41.2. The number of aryl methyl sites for hydroxylation is 1. The highest BCUT2D eigenvalue weighted by Gasteiger charge is 2.46. The topological polar surface area (TPSA) is 199 Å². The molecule has 3 aliphatic rings. The number of pyridine rings is 1. The standard InChI is InChI=1S/C52H66N8O9/c1-10-59-43-17-16-34-26-39(43)40(46(59)38-14-11-19-53-42(38)30-68-9)27-51(4,5)31-69-50(66)52(67)18-13-21-60(55-52)49(65)41(24-33-22-35(34)25-37(61)23-33)54-47(63)45(32(2)3)57(8)48(64)36-28-58(29-36)44(62)15-12-20-56(6)7/h11,14,16-17,19,22-23,25-26,32,36,41,45,55,61,67H,10,13,18,20-21,24,27-31H2,1-9H3,(H,54,63)/t41-,45-,52-/m0/s1. The Morgan fingerprint density at radius 1 is 1.07 bits per heavy atom. The maximum Gasteiger partial charge on any atom is 0.355 e. The number of rotatable bonds is 10. The summed E-state index contributed by atoms with van der Waals surface area (Å²) in [6.45, 7) is 11.3. The van der Waals surface area contributed by atoms with E-state index in [9.17, 15) is 34.2 Å². The molecule has 2 aromatic heterocycles. The predicted octanol–water partition coefficient (Wildman–Crippen LogP) is 3.72. The average molecular weight is 947 g/mol. The molecule has 5 heterocycles. The second kappa shape index (κ2) is 20.7. The van der Waals surface area contributed by atoms with Crippen LogP contribution in [-0.2, 0) is 59.4 Å². The molecule has 4 aromatic rings. The van der Waals surface area contributed by atoms with Crippen molar-refractivity contribution in [2.75, 3.05) is 61.0 Å². The molecule has 2 saturated heterocycles. The van der Waals surface area contributed by atoms with Gasteiger partial charge in [-0.3, -0.25) is 34.1 Å². The number of hydrazine groups is 1. The van der Waals surface area contributed by atoms with Crippen LogP contribution in [0.25, 0.3) is 33.3 Å². The number of methoxy groups -OCH3 is 1. The lowest BCUT2D eigenvalue weighted by Gasteiger charge is -2.42. The van der Waals surface area contributed by atoms with E-state index in [0.29, 0.717) is 30.6 Å². The number of hydrogen-bond acceptors (Lipinski definition) is 12. The van der Waals surface area contributed by atoms with Crippen molar-refractivity contribution in [1.82, 2.24) is 40.0 Å². The molecule has 0 saturated carbocycles. The fourth-order valence-corrected chi connectivity index (χ4v) is 9.72. The smallest absolute Gasteiger partial charge is 0.355 e. The number of aromatic hydroxyl groups is 1. The van der Waals surface area contributed by atoms with Crippen LogP contribution in [0.2, 0.25) is 0 Å². The number of amides is 4. The molecular formula is C52H66N8O9. The first kappa shape index (κ1) is 50.6. The summed E-state index contributed by atoms with van der Waals surface area (Å²) < 4.78 is 13.8. The van der Waals surface area contributed by atoms with E-state index in [0.717, 1.165) is 44.0 Å². The number of likely N-dealkylation sites (N-methyl/N-ethyl adjacent to an activating group) is 1. The van der Waals surface area contributed by atoms with Crippen molar-refractivity contribution in [2.24, 2.45) is 17.3 Å². The summed E-state index contributed by atoms with van der Waals surface area (Å²) in [6, 6.07) is 12.8. The molecule has 0 radical (unpaired) electrons. The maximum atomic E-state index is 14.8. The molecule has 7 rings (SSSR count). The van der Waals surface area contributed by atoms with Crippen molar-refractivity contribution >= 4 is 40.5 Å². The number of carbonyl (C=O) groups excluding carboxylic acids is 5. The lowest BCUT2D eigenvalue weighted by molar-refractivity contribution is -0.189. The van der Waals surface area contributed by atoms with Gasteiger partial charge in [-0.1, -0.05) is 45.7 Å². The first-order chi connectivity index (χ1) is 32.7. The molecule has 0 aliphatic carbocycles. The highest BCUT2D eigenvalue weighted by Crippen LogP contribution is 2.41. The predicted molar refractivity (Wildman–Crippen MR) is 260 cm³/mol. The largest absolute Gasteiger partial charge is 0.508 e. The minimum absolute atomic E-state index is 0.0433. The molecular weight excluding hydrogens is 881 g/mol. The van der Waals surface area contributed by atoms with Crippen molar-refractivity contribution in [3.63, 3.8) is 0 Å². The molecule has 6 bridgehead atoms. The number of nitrogens with zero attached hydrogens (tertiary/aromatic N) is 6. The second-order valence-corrected chi connectivity index (χ2v) is 20.0. The Labute approximate surface area is 404 Å². The van der Waals surface area contributed by atoms with Crippen LogP contribution >= 0.6 is 0 Å². The number of esters is 1. The monoisotopic (exact) mass is 946 g/mol. The number of phenolic OH excluding ortho intramolecular Hbond substituents is 1. The number of fused-ring (bicyclic) bond motifs is 6. The number of aromatic nitrogens is 2. The third-order valence-electron chi connectivity index (χ3n) is 13.1. The van der Waals surface area contributed by atoms with Crippen molar-refractivity contribution < 1.29 is 43.7 Å². The number of phenols is 1. The summed E-state index contributed by atoms with van der Waals surface area (Å²) in [6.07, 6.45) is 2.28. The number of ether oxygens (including phenoxy) is 2. The van der Waals surface area contributed by atoms with E-state index in [1.807, 2.05) is 63.2 Å². The molecule has 4 amide bonds. The third kappa shape index (κ3) is 10.9. The Bertz CT molecular complexity index is 2680. The lowest BCUT2D eigenvalue weighted by atomic mass is 9.84. The Hall–Kier alpha value is -6.32. The summed E-state index contributed by atoms with van der Waals surface area (Å²) in [5.41, 5.74) is 6.36. The summed E-state index contributed by atoms with van der Waals surface area (Å²) in [4.78, 5) is 79.2. The first-order valence-electron chi connectivity index (χ1n) is 23.6. The minimum atomic E-state index is -2.27. The van der Waals surface area contributed by atoms with Gasteiger partial charge in [0.1, 0.15) is 17.8 Å². The van der Waals surface area contributed by atoms with Crippen LogP contribution in [0.15, 0.2) is 54.7 Å². The van der Waals surface area contributed by atoms with Gasteiger partial charge in [-0.2, -0.15) is 5.43 Å². The van der Waals surface area contributed by atoms with Gasteiger partial charge in [0.05, 0.1) is 37.1 Å². The second-order valence-electron chi connectivity index (χ2n) is 20.0. The van der Waals surface area contributed by atoms with E-state index < -0.39 is 52.8 Å². The van der Waals surface area contributed by atoms with Gasteiger partial charge in [0.2, 0.25) is 17.5 Å². The van der Waals surface area contributed by atoms with Gasteiger partial charge in [-0.25, -0.2) is 4.79 Å². The van der Waals surface area contributed by atoms with E-state index >= 15 is 0 Å². The first-order valence-corrected chi connectivity index (χ1v) is 23.6. The SMILES string of the molecule is CCn1c(-c2cccnc2COC)c2c3cc(ccc31)-c1cc(O)cc(c1)C[C@H](NC(=O)[C@H](C(C)C)N(C)C(=O)C1CN(C(=O)C#CCN(C)C)C1)C(=O)N1CCC[C@@](O)(N1)C(=O)OCC(C)(C)C2. The molecule has 69 heavy (non-hydrogen) atoms. The van der Waals surface area contributed by atoms with Gasteiger partial charge in [0.25, 0.3) is 11.8 Å². The van der Waals surface area contributed by atoms with E-state index in [1.165, 1.54) is 22.9 Å². The highest BCUT2D eigenvalue weighted by atomic mass is 16.6. The van der Waals surface area contributed by atoms with Crippen LogP contribution in [0.3, 0.4) is 0 Å². The van der Waals surface area contributed by atoms with Crippen LogP contribution in [0.1, 0.15) is 64.3 Å². The summed E-state index contributed by atoms with van der Waals surface area (Å²) in [5.74, 6) is 1.53. The molecule has 2 aromatic carbocycles. The molecule has 3 atom stereocenters. The van der Waals surface area contributed by atoms with Crippen LogP contribution in [0, 0.1) is 29.1 Å². The molecule has 17 nitrogen and oxygen atoms in total. The van der Waals surface area contributed by atoms with E-state index in [-0.39, 0.29) is 69.7 Å². The molecule has 368 valence electrons. The normalized spacial score (nSPS) is 20.1. The number of likely N-dealkylation sites (tertiary alicyclic amines) is 1. The fraction of sp³-hybridized carbons (Fsp3) is 0.500. The number of benzene rings is 2. The molecule has 17 heteroatoms. The number of cyclic esters (lactones) is 1. The van der Waals surface area contributed by atoms with Gasteiger partial charge < -0.3 is 39.4 Å². The zero-order chi connectivity index (χ0) is 49.9. The van der Waals surface area contributed by atoms with Crippen molar-refractivity contribution in [3.8, 4) is 40.0 Å². The van der Waals surface area contributed by atoms with Crippen molar-refractivity contribution in [3.05, 3.63) is 71.5 Å². The van der Waals surface area contributed by atoms with Crippen molar-refractivity contribution in [2.45, 2.75) is 91.3 Å². The Morgan fingerprint density at radius 2 is 1.83 bits per heavy atom. The number of aliphatic hydroxyl groups is 1. The molecule has 0 spiro atoms. The third-order valence-corrected chi connectivity index (χ3v) is 13.1. The Morgan fingerprint density at radius 3 is 2.52 bits per heavy atom. The van der Waals surface area contributed by atoms with Gasteiger partial charge in [0.15, 0.2) is 0 Å². The maximum absolute atomic E-state index is 14.8. The van der Waals surface area contributed by atoms with Gasteiger partial charge in [-0.15, -0.1) is 0 Å². The van der Waals surface area contributed by atoms with Crippen molar-refractivity contribution in [1.29, 1.82) is 0 Å². The molecule has 3 aliphatic heterocycles. The van der Waals surface area contributed by atoms with Gasteiger partial charge in [0, 0.05) is 81.3 Å². The van der Waals surface area contributed by atoms with Gasteiger partial charge in [-0.05, 0) is 104 Å². The Balaban J connectivity index is 1.27. The van der Waals surface area contributed by atoms with Crippen LogP contribution in [0.5, 0.6) is 5.75 Å². The summed E-state index contributed by atoms with van der Waals surface area (Å²) in [5, 5.41) is 28.2. The number of carbonyl (C=O) groups is 5. The highest BCUT2D eigenvalue weighted by molar-refractivity contribution is 5.97. The van der Waals surface area contributed by atoms with Crippen LogP contribution < -0.4 is 10.7 Å². The van der Waals surface area contributed by atoms with Crippen LogP contribution in [-0.4, -0.2) is 148 Å². The van der Waals surface area contributed by atoms with Crippen LogP contribution in [0.4, 0.5) is 0 Å². The molecule has 4 N–H and O–H groups in total. The van der Waals surface area contributed by atoms with E-state index in [2.05, 4.69) is 45.1 Å². The quantitative estimate of drug-likeness (QED) is 0.133. The lowest BCUT2D eigenvalue weighted by Crippen LogP contribution is -2.67. The Kier molecular flexibility index (Phi) is 15.2. The minimum Gasteiger partial charge on any atom is -0.508 e. The summed E-state index contributed by atoms with van der Waals surface area (Å²) in [7, 11) is 6.87. The van der Waals surface area contributed by atoms with E-state index in [1.54, 1.807) is 33.2 Å². The van der Waals surface area contributed by atoms with Gasteiger partial charge >= 0.3 is 5.97 Å². The average Bonchev–Trinajstić information content (AvgIpc) is 3.58. The molecule has 0 unspecified atom stereocenters. The zero-order valence-corrected chi connectivity index (χ0v) is 41.2. The number of nitrogens with one attached hydrogen (secondary N) is 2. The molecule has 2 fully saturated rings. The fourth-order valence-electron chi connectivity index (χ4n) is 9.72.